The Bertz CT molecular complexity index is 1020. The molecule has 1 aromatic carbocycles. The molecule has 1 atom stereocenters. The number of nitrogens with zero attached hydrogens (tertiary/aromatic N) is 3. The van der Waals surface area contributed by atoms with Crippen LogP contribution in [-0.2, 0) is 9.59 Å². The Labute approximate surface area is 195 Å². The minimum atomic E-state index is -0.667. The van der Waals surface area contributed by atoms with Crippen molar-refractivity contribution in [2.45, 2.75) is 39.2 Å². The van der Waals surface area contributed by atoms with Gasteiger partial charge in [-0.25, -0.2) is 0 Å². The Morgan fingerprint density at radius 1 is 1.15 bits per heavy atom. The van der Waals surface area contributed by atoms with Crippen LogP contribution in [0.5, 0.6) is 5.75 Å². The third kappa shape index (κ3) is 5.60. The molecule has 1 aromatic heterocycles. The molecule has 1 saturated heterocycles. The van der Waals surface area contributed by atoms with Crippen LogP contribution in [0, 0.1) is 6.92 Å². The molecule has 0 bridgehead atoms. The monoisotopic (exact) mass is 451 g/mol. The number of likely N-dealkylation sites (tertiary alicyclic amines) is 1. The molecule has 0 spiro atoms. The first kappa shape index (κ1) is 24.5. The summed E-state index contributed by atoms with van der Waals surface area (Å²) in [6, 6.07) is 8.22. The standard InChI is InChI=1S/C26H33N3O4/c1-5-6-16-33-21-9-8-20(17-18(21)2)24(30)22-23(19-10-12-27-13-11-19)29(26(32)25(22)31)15-7-14-28(3)4/h8-13,17,23,30H,5-7,14-16H2,1-4H3/t23-/m1/s1. The van der Waals surface area contributed by atoms with Gasteiger partial charge in [-0.1, -0.05) is 13.3 Å². The molecule has 1 aliphatic rings. The van der Waals surface area contributed by atoms with Gasteiger partial charge in [-0.2, -0.15) is 0 Å². The molecule has 33 heavy (non-hydrogen) atoms. The van der Waals surface area contributed by atoms with Crippen molar-refractivity contribution < 1.29 is 19.4 Å². The topological polar surface area (TPSA) is 83.0 Å². The van der Waals surface area contributed by atoms with Gasteiger partial charge in [-0.05, 0) is 81.9 Å². The van der Waals surface area contributed by atoms with E-state index >= 15 is 0 Å². The SMILES string of the molecule is CCCCOc1ccc(C(O)=C2C(=O)C(=O)N(CCCN(C)C)[C@@H]2c2ccncc2)cc1C. The van der Waals surface area contributed by atoms with Crippen LogP contribution >= 0.6 is 0 Å². The van der Waals surface area contributed by atoms with Crippen LogP contribution in [0.15, 0.2) is 48.3 Å². The van der Waals surface area contributed by atoms with E-state index in [0.29, 0.717) is 25.1 Å². The Kier molecular flexibility index (Phi) is 8.22. The fourth-order valence-electron chi connectivity index (χ4n) is 4.00. The number of hydrogen-bond donors (Lipinski definition) is 1. The summed E-state index contributed by atoms with van der Waals surface area (Å²) in [5.41, 5.74) is 2.19. The van der Waals surface area contributed by atoms with E-state index < -0.39 is 17.7 Å². The lowest BCUT2D eigenvalue weighted by Gasteiger charge is -2.25. The number of hydrogen-bond acceptors (Lipinski definition) is 6. The van der Waals surface area contributed by atoms with Crippen LogP contribution < -0.4 is 4.74 Å². The number of Topliss-reactive ketones (excluding diaryl/α,β-unsaturated/α-hetero) is 1. The summed E-state index contributed by atoms with van der Waals surface area (Å²) in [5, 5.41) is 11.2. The molecule has 2 aromatic rings. The molecule has 0 unspecified atom stereocenters. The van der Waals surface area contributed by atoms with Gasteiger partial charge in [0, 0.05) is 24.5 Å². The van der Waals surface area contributed by atoms with Crippen LogP contribution in [0.2, 0.25) is 0 Å². The zero-order valence-corrected chi connectivity index (χ0v) is 19.9. The number of aromatic nitrogens is 1. The molecule has 0 saturated carbocycles. The molecular formula is C26H33N3O4. The average Bonchev–Trinajstić information content (AvgIpc) is 3.05. The smallest absolute Gasteiger partial charge is 0.295 e. The molecule has 1 N–H and O–H groups in total. The maximum atomic E-state index is 13.1. The van der Waals surface area contributed by atoms with Crippen molar-refractivity contribution >= 4 is 17.4 Å². The fraction of sp³-hybridized carbons (Fsp3) is 0.423. The van der Waals surface area contributed by atoms with Gasteiger partial charge in [-0.15, -0.1) is 0 Å². The van der Waals surface area contributed by atoms with Crippen molar-refractivity contribution in [1.29, 1.82) is 0 Å². The first-order valence-corrected chi connectivity index (χ1v) is 11.4. The Hall–Kier alpha value is -3.19. The van der Waals surface area contributed by atoms with Gasteiger partial charge in [0.2, 0.25) is 0 Å². The molecule has 7 heteroatoms. The number of carbonyl (C=O) groups is 2. The summed E-state index contributed by atoms with van der Waals surface area (Å²) in [5.74, 6) is -0.684. The minimum Gasteiger partial charge on any atom is -0.507 e. The predicted octanol–water partition coefficient (Wildman–Crippen LogP) is 3.94. The Morgan fingerprint density at radius 2 is 1.88 bits per heavy atom. The lowest BCUT2D eigenvalue weighted by Crippen LogP contribution is -2.32. The molecular weight excluding hydrogens is 418 g/mol. The quantitative estimate of drug-likeness (QED) is 0.255. The molecule has 3 rings (SSSR count). The number of aryl methyl sites for hydroxylation is 1. The predicted molar refractivity (Wildman–Crippen MR) is 128 cm³/mol. The molecule has 176 valence electrons. The van der Waals surface area contributed by atoms with Gasteiger partial charge in [0.25, 0.3) is 11.7 Å². The van der Waals surface area contributed by atoms with Gasteiger partial charge in [0.1, 0.15) is 11.5 Å². The highest BCUT2D eigenvalue weighted by molar-refractivity contribution is 6.46. The van der Waals surface area contributed by atoms with E-state index in [1.807, 2.05) is 25.9 Å². The highest BCUT2D eigenvalue weighted by Gasteiger charge is 2.45. The molecule has 7 nitrogen and oxygen atoms in total. The molecule has 0 radical (unpaired) electrons. The van der Waals surface area contributed by atoms with Gasteiger partial charge >= 0.3 is 0 Å². The minimum absolute atomic E-state index is 0.107. The summed E-state index contributed by atoms with van der Waals surface area (Å²) in [6.07, 6.45) is 5.97. The summed E-state index contributed by atoms with van der Waals surface area (Å²) in [4.78, 5) is 33.7. The Morgan fingerprint density at radius 3 is 2.52 bits per heavy atom. The number of unbranched alkanes of at least 4 members (excludes halogenated alkanes) is 1. The number of pyridine rings is 1. The number of aliphatic hydroxyl groups is 1. The van der Waals surface area contributed by atoms with Gasteiger partial charge in [0.15, 0.2) is 0 Å². The summed E-state index contributed by atoms with van der Waals surface area (Å²) in [7, 11) is 3.93. The van der Waals surface area contributed by atoms with Crippen molar-refractivity contribution in [2.24, 2.45) is 0 Å². The normalized spacial score (nSPS) is 17.7. The van der Waals surface area contributed by atoms with E-state index in [0.717, 1.165) is 36.3 Å². The lowest BCUT2D eigenvalue weighted by molar-refractivity contribution is -0.139. The van der Waals surface area contributed by atoms with Crippen LogP contribution in [-0.4, -0.2) is 65.4 Å². The number of ketones is 1. The average molecular weight is 452 g/mol. The number of amides is 1. The van der Waals surface area contributed by atoms with E-state index in [9.17, 15) is 14.7 Å². The van der Waals surface area contributed by atoms with Crippen molar-refractivity contribution in [3.8, 4) is 5.75 Å². The second kappa shape index (κ2) is 11.1. The first-order valence-electron chi connectivity index (χ1n) is 11.4. The zero-order valence-electron chi connectivity index (χ0n) is 19.9. The molecule has 1 amide bonds. The maximum absolute atomic E-state index is 13.1. The number of ether oxygens (including phenoxy) is 1. The van der Waals surface area contributed by atoms with Crippen LogP contribution in [0.3, 0.4) is 0 Å². The van der Waals surface area contributed by atoms with Gasteiger partial charge < -0.3 is 19.6 Å². The third-order valence-electron chi connectivity index (χ3n) is 5.77. The van der Waals surface area contributed by atoms with E-state index in [-0.39, 0.29) is 11.3 Å². The van der Waals surface area contributed by atoms with Gasteiger partial charge in [-0.3, -0.25) is 14.6 Å². The second-order valence-corrected chi connectivity index (χ2v) is 8.61. The van der Waals surface area contributed by atoms with E-state index in [1.54, 1.807) is 47.6 Å². The van der Waals surface area contributed by atoms with Crippen molar-refractivity contribution in [3.05, 3.63) is 65.0 Å². The largest absolute Gasteiger partial charge is 0.507 e. The second-order valence-electron chi connectivity index (χ2n) is 8.61. The van der Waals surface area contributed by atoms with E-state index in [4.69, 9.17) is 4.74 Å². The maximum Gasteiger partial charge on any atom is 0.295 e. The summed E-state index contributed by atoms with van der Waals surface area (Å²) < 4.78 is 5.81. The first-order chi connectivity index (χ1) is 15.8. The molecule has 1 aliphatic heterocycles. The molecule has 1 fully saturated rings. The van der Waals surface area contributed by atoms with Crippen molar-refractivity contribution in [1.82, 2.24) is 14.8 Å². The highest BCUT2D eigenvalue weighted by atomic mass is 16.5. The number of carbonyl (C=O) groups excluding carboxylic acids is 2. The molecule has 2 heterocycles. The number of rotatable bonds is 10. The zero-order chi connectivity index (χ0) is 24.0. The summed E-state index contributed by atoms with van der Waals surface area (Å²) in [6.45, 7) is 5.83. The van der Waals surface area contributed by atoms with Crippen molar-refractivity contribution in [2.75, 3.05) is 33.8 Å². The van der Waals surface area contributed by atoms with Crippen LogP contribution in [0.4, 0.5) is 0 Å². The van der Waals surface area contributed by atoms with E-state index in [2.05, 4.69) is 11.9 Å². The van der Waals surface area contributed by atoms with Crippen LogP contribution in [0.25, 0.3) is 5.76 Å². The summed E-state index contributed by atoms with van der Waals surface area (Å²) >= 11 is 0. The van der Waals surface area contributed by atoms with Crippen molar-refractivity contribution in [3.63, 3.8) is 0 Å². The number of benzene rings is 1. The number of aliphatic hydroxyl groups excluding tert-OH is 1. The molecule has 0 aliphatic carbocycles. The Balaban J connectivity index is 1.99. The van der Waals surface area contributed by atoms with Gasteiger partial charge in [0.05, 0.1) is 18.2 Å². The van der Waals surface area contributed by atoms with E-state index in [1.165, 1.54) is 0 Å². The lowest BCUT2D eigenvalue weighted by atomic mass is 9.95. The van der Waals surface area contributed by atoms with Crippen LogP contribution in [0.1, 0.15) is 48.9 Å². The third-order valence-corrected chi connectivity index (χ3v) is 5.77. The fourth-order valence-corrected chi connectivity index (χ4v) is 4.00. The highest BCUT2D eigenvalue weighted by Crippen LogP contribution is 2.39.